The Labute approximate surface area is 173 Å². The smallest absolute Gasteiger partial charge is 0.319 e. The molecule has 2 aromatic carbocycles. The average Bonchev–Trinajstić information content (AvgIpc) is 2.97. The zero-order valence-corrected chi connectivity index (χ0v) is 16.8. The Morgan fingerprint density at radius 1 is 1.14 bits per heavy atom. The van der Waals surface area contributed by atoms with Gasteiger partial charge in [-0.25, -0.2) is 9.78 Å². The number of benzene rings is 2. The quantitative estimate of drug-likeness (QED) is 0.639. The molecular weight excluding hydrogens is 386 g/mol. The maximum absolute atomic E-state index is 13.5. The minimum atomic E-state index is -0.982. The third-order valence-electron chi connectivity index (χ3n) is 6.10. The molecule has 1 saturated heterocycles. The molecule has 5 nitrogen and oxygen atoms in total. The third-order valence-corrected chi connectivity index (χ3v) is 6.61. The Bertz CT molecular complexity index is 1180. The van der Waals surface area contributed by atoms with E-state index in [2.05, 4.69) is 10.3 Å². The van der Waals surface area contributed by atoms with Crippen LogP contribution in [0.1, 0.15) is 35.2 Å². The number of aryl methyl sites for hydroxylation is 2. The van der Waals surface area contributed by atoms with Crippen molar-refractivity contribution in [3.8, 4) is 0 Å². The van der Waals surface area contributed by atoms with Gasteiger partial charge in [-0.05, 0) is 48.9 Å². The summed E-state index contributed by atoms with van der Waals surface area (Å²) >= 11 is 6.57. The lowest BCUT2D eigenvalue weighted by Crippen LogP contribution is -2.46. The third kappa shape index (κ3) is 2.64. The standard InChI is InChI=1S/C23H20ClN3O2/c1-14-16-9-3-5-11-18(16)25-19(20(14)24)13-27-21(28)23(26-22(27)29)12-6-8-15-7-2-4-10-17(15)23/h2-5,7,9-11H,6,8,12-13H2,1H3,(H,26,29)/t23-/m0/s1. The first-order chi connectivity index (χ1) is 14.0. The van der Waals surface area contributed by atoms with Crippen molar-refractivity contribution in [1.29, 1.82) is 0 Å². The van der Waals surface area contributed by atoms with Crippen molar-refractivity contribution in [2.75, 3.05) is 0 Å². The summed E-state index contributed by atoms with van der Waals surface area (Å²) in [6.45, 7) is 1.99. The van der Waals surface area contributed by atoms with Crippen LogP contribution < -0.4 is 5.32 Å². The number of imide groups is 1. The summed E-state index contributed by atoms with van der Waals surface area (Å²) in [4.78, 5) is 32.2. The largest absolute Gasteiger partial charge is 0.325 e. The maximum atomic E-state index is 13.5. The molecule has 1 aliphatic heterocycles. The number of fused-ring (bicyclic) bond motifs is 3. The first-order valence-corrected chi connectivity index (χ1v) is 10.2. The number of urea groups is 1. The first-order valence-electron chi connectivity index (χ1n) is 9.77. The Kier molecular flexibility index (Phi) is 4.10. The molecule has 1 aromatic heterocycles. The number of para-hydroxylation sites is 1. The van der Waals surface area contributed by atoms with Crippen molar-refractivity contribution in [3.63, 3.8) is 0 Å². The number of hydrogen-bond donors (Lipinski definition) is 1. The summed E-state index contributed by atoms with van der Waals surface area (Å²) in [6.07, 6.45) is 2.37. The lowest BCUT2D eigenvalue weighted by Gasteiger charge is -2.33. The van der Waals surface area contributed by atoms with Crippen LogP contribution in [0.2, 0.25) is 5.02 Å². The molecule has 29 heavy (non-hydrogen) atoms. The number of carbonyl (C=O) groups excluding carboxylic acids is 2. The topological polar surface area (TPSA) is 62.3 Å². The fourth-order valence-corrected chi connectivity index (χ4v) is 4.83. The zero-order chi connectivity index (χ0) is 20.2. The van der Waals surface area contributed by atoms with Crippen LogP contribution in [0, 0.1) is 6.92 Å². The van der Waals surface area contributed by atoms with E-state index in [0.717, 1.165) is 40.4 Å². The van der Waals surface area contributed by atoms with Crippen molar-refractivity contribution in [1.82, 2.24) is 15.2 Å². The zero-order valence-electron chi connectivity index (χ0n) is 16.0. The Morgan fingerprint density at radius 2 is 1.90 bits per heavy atom. The molecule has 2 aliphatic rings. The van der Waals surface area contributed by atoms with E-state index in [1.54, 1.807) is 0 Å². The van der Waals surface area contributed by atoms with Crippen molar-refractivity contribution >= 4 is 34.4 Å². The van der Waals surface area contributed by atoms with E-state index in [-0.39, 0.29) is 12.5 Å². The number of nitrogens with one attached hydrogen (secondary N) is 1. The maximum Gasteiger partial charge on any atom is 0.325 e. The van der Waals surface area contributed by atoms with E-state index >= 15 is 0 Å². The number of rotatable bonds is 2. The van der Waals surface area contributed by atoms with Gasteiger partial charge in [0, 0.05) is 5.39 Å². The molecule has 1 fully saturated rings. The molecule has 2 heterocycles. The highest BCUT2D eigenvalue weighted by Crippen LogP contribution is 2.40. The minimum absolute atomic E-state index is 0.0547. The van der Waals surface area contributed by atoms with Gasteiger partial charge < -0.3 is 5.32 Å². The van der Waals surface area contributed by atoms with Gasteiger partial charge in [0.05, 0.1) is 22.8 Å². The number of amides is 3. The highest BCUT2D eigenvalue weighted by molar-refractivity contribution is 6.32. The summed E-state index contributed by atoms with van der Waals surface area (Å²) < 4.78 is 0. The molecule has 5 rings (SSSR count). The average molecular weight is 406 g/mol. The highest BCUT2D eigenvalue weighted by atomic mass is 35.5. The molecule has 0 radical (unpaired) electrons. The molecule has 3 aromatic rings. The van der Waals surface area contributed by atoms with Gasteiger partial charge in [0.2, 0.25) is 0 Å². The Hall–Kier alpha value is -2.92. The summed E-state index contributed by atoms with van der Waals surface area (Å²) in [5.74, 6) is -0.224. The van der Waals surface area contributed by atoms with E-state index in [0.29, 0.717) is 17.1 Å². The van der Waals surface area contributed by atoms with Crippen LogP contribution in [0.3, 0.4) is 0 Å². The first kappa shape index (κ1) is 18.1. The molecule has 146 valence electrons. The van der Waals surface area contributed by atoms with E-state index in [9.17, 15) is 9.59 Å². The molecular formula is C23H20ClN3O2. The van der Waals surface area contributed by atoms with Crippen LogP contribution in [-0.2, 0) is 23.3 Å². The predicted octanol–water partition coefficient (Wildman–Crippen LogP) is 4.48. The van der Waals surface area contributed by atoms with Gasteiger partial charge in [-0.3, -0.25) is 9.69 Å². The molecule has 3 amide bonds. The van der Waals surface area contributed by atoms with Gasteiger partial charge >= 0.3 is 6.03 Å². The summed E-state index contributed by atoms with van der Waals surface area (Å²) in [5.41, 5.74) is 3.27. The van der Waals surface area contributed by atoms with Gasteiger partial charge in [0.1, 0.15) is 5.54 Å². The summed E-state index contributed by atoms with van der Waals surface area (Å²) in [5, 5.41) is 4.45. The van der Waals surface area contributed by atoms with Crippen LogP contribution >= 0.6 is 11.6 Å². The Morgan fingerprint density at radius 3 is 2.76 bits per heavy atom. The number of hydrogen-bond acceptors (Lipinski definition) is 3. The second-order valence-corrected chi connectivity index (χ2v) is 8.13. The van der Waals surface area contributed by atoms with Crippen LogP contribution in [-0.4, -0.2) is 21.8 Å². The lowest BCUT2D eigenvalue weighted by atomic mass is 9.76. The molecule has 0 saturated carbocycles. The highest BCUT2D eigenvalue weighted by Gasteiger charge is 2.54. The molecule has 0 unspecified atom stereocenters. The molecule has 1 spiro atoms. The fourth-order valence-electron chi connectivity index (χ4n) is 4.63. The second kappa shape index (κ2) is 6.56. The van der Waals surface area contributed by atoms with Gasteiger partial charge in [-0.15, -0.1) is 0 Å². The van der Waals surface area contributed by atoms with E-state index in [1.807, 2.05) is 55.5 Å². The van der Waals surface area contributed by atoms with Crippen LogP contribution in [0.25, 0.3) is 10.9 Å². The van der Waals surface area contributed by atoms with E-state index in [1.165, 1.54) is 4.90 Å². The number of nitrogens with zero attached hydrogens (tertiary/aromatic N) is 2. The molecule has 1 aliphatic carbocycles. The van der Waals surface area contributed by atoms with E-state index < -0.39 is 11.6 Å². The van der Waals surface area contributed by atoms with Crippen molar-refractivity contribution in [3.05, 3.63) is 75.9 Å². The van der Waals surface area contributed by atoms with Crippen LogP contribution in [0.15, 0.2) is 48.5 Å². The Balaban J connectivity index is 1.55. The van der Waals surface area contributed by atoms with Gasteiger partial charge in [0.15, 0.2) is 0 Å². The number of halogens is 1. The predicted molar refractivity (Wildman–Crippen MR) is 112 cm³/mol. The van der Waals surface area contributed by atoms with Crippen LogP contribution in [0.4, 0.5) is 4.79 Å². The molecule has 1 N–H and O–H groups in total. The monoisotopic (exact) mass is 405 g/mol. The molecule has 6 heteroatoms. The van der Waals surface area contributed by atoms with Gasteiger partial charge in [-0.1, -0.05) is 54.1 Å². The van der Waals surface area contributed by atoms with Crippen molar-refractivity contribution < 1.29 is 9.59 Å². The number of aromatic nitrogens is 1. The number of carbonyl (C=O) groups is 2. The second-order valence-electron chi connectivity index (χ2n) is 7.75. The van der Waals surface area contributed by atoms with Crippen LogP contribution in [0.5, 0.6) is 0 Å². The normalized spacial score (nSPS) is 21.0. The van der Waals surface area contributed by atoms with Crippen molar-refractivity contribution in [2.24, 2.45) is 0 Å². The number of pyridine rings is 1. The summed E-state index contributed by atoms with van der Waals surface area (Å²) in [7, 11) is 0. The molecule has 0 bridgehead atoms. The molecule has 1 atom stereocenters. The summed E-state index contributed by atoms with van der Waals surface area (Å²) in [6, 6.07) is 15.2. The fraction of sp³-hybridized carbons (Fsp3) is 0.261. The van der Waals surface area contributed by atoms with E-state index in [4.69, 9.17) is 11.6 Å². The van der Waals surface area contributed by atoms with Gasteiger partial charge in [0.25, 0.3) is 5.91 Å². The minimum Gasteiger partial charge on any atom is -0.319 e. The lowest BCUT2D eigenvalue weighted by molar-refractivity contribution is -0.132. The van der Waals surface area contributed by atoms with Gasteiger partial charge in [-0.2, -0.15) is 0 Å². The van der Waals surface area contributed by atoms with Crippen molar-refractivity contribution in [2.45, 2.75) is 38.3 Å². The SMILES string of the molecule is Cc1c(Cl)c(CN2C(=O)N[C@]3(CCCc4ccccc43)C2=O)nc2ccccc12.